The van der Waals surface area contributed by atoms with Gasteiger partial charge in [-0.2, -0.15) is 26.3 Å². The lowest BCUT2D eigenvalue weighted by molar-refractivity contribution is -0.202. The molecule has 0 fully saturated rings. The van der Waals surface area contributed by atoms with E-state index in [2.05, 4.69) is 0 Å². The van der Waals surface area contributed by atoms with Gasteiger partial charge in [-0.05, 0) is 6.54 Å². The number of carboxylic acids is 1. The van der Waals surface area contributed by atoms with E-state index in [4.69, 9.17) is 5.11 Å². The number of hydrogen-bond acceptors (Lipinski definition) is 2. The van der Waals surface area contributed by atoms with Gasteiger partial charge in [0.2, 0.25) is 0 Å². The first kappa shape index (κ1) is 16.0. The van der Waals surface area contributed by atoms with Crippen LogP contribution in [-0.2, 0) is 4.79 Å². The summed E-state index contributed by atoms with van der Waals surface area (Å²) in [5.41, 5.74) is 0. The third-order valence-corrected chi connectivity index (χ3v) is 1.98. The second-order valence-electron chi connectivity index (χ2n) is 3.38. The quantitative estimate of drug-likeness (QED) is 0.776. The van der Waals surface area contributed by atoms with Crippen molar-refractivity contribution in [1.82, 2.24) is 4.90 Å². The molecule has 1 atom stereocenters. The molecule has 17 heavy (non-hydrogen) atoms. The highest BCUT2D eigenvalue weighted by Crippen LogP contribution is 2.28. The van der Waals surface area contributed by atoms with Gasteiger partial charge in [0.05, 0.1) is 6.54 Å². The topological polar surface area (TPSA) is 40.5 Å². The summed E-state index contributed by atoms with van der Waals surface area (Å²) in [4.78, 5) is 10.7. The van der Waals surface area contributed by atoms with Crippen LogP contribution in [0.1, 0.15) is 6.92 Å². The SMILES string of the molecule is CCN(CC(C(=O)O)C(F)(F)F)CC(F)(F)F. The summed E-state index contributed by atoms with van der Waals surface area (Å²) in [6.45, 7) is -1.88. The Morgan fingerprint density at radius 1 is 1.24 bits per heavy atom. The Hall–Kier alpha value is -0.990. The molecule has 0 spiro atoms. The first-order chi connectivity index (χ1) is 7.47. The lowest BCUT2D eigenvalue weighted by atomic mass is 10.1. The van der Waals surface area contributed by atoms with Gasteiger partial charge < -0.3 is 5.11 Å². The zero-order chi connectivity index (χ0) is 13.9. The highest BCUT2D eigenvalue weighted by molar-refractivity contribution is 5.71. The summed E-state index contributed by atoms with van der Waals surface area (Å²) in [6, 6.07) is 0. The van der Waals surface area contributed by atoms with Crippen LogP contribution in [0, 0.1) is 5.92 Å². The molecule has 3 nitrogen and oxygen atoms in total. The van der Waals surface area contributed by atoms with E-state index in [0.717, 1.165) is 0 Å². The molecule has 1 unspecified atom stereocenters. The number of nitrogens with zero attached hydrogens (tertiary/aromatic N) is 1. The number of rotatable bonds is 5. The van der Waals surface area contributed by atoms with Gasteiger partial charge in [0.15, 0.2) is 5.92 Å². The van der Waals surface area contributed by atoms with E-state index in [1.54, 1.807) is 0 Å². The number of hydrogen-bond donors (Lipinski definition) is 1. The number of aliphatic carboxylic acids is 1. The summed E-state index contributed by atoms with van der Waals surface area (Å²) in [5, 5.41) is 8.32. The Labute approximate surface area is 93.0 Å². The molecule has 9 heteroatoms. The molecule has 0 rings (SSSR count). The molecule has 0 saturated heterocycles. The van der Waals surface area contributed by atoms with Crippen molar-refractivity contribution in [2.75, 3.05) is 19.6 Å². The van der Waals surface area contributed by atoms with Crippen molar-refractivity contribution >= 4 is 5.97 Å². The van der Waals surface area contributed by atoms with Crippen molar-refractivity contribution in [3.8, 4) is 0 Å². The van der Waals surface area contributed by atoms with E-state index in [0.29, 0.717) is 4.90 Å². The molecule has 0 amide bonds. The van der Waals surface area contributed by atoms with Crippen LogP contribution in [0.2, 0.25) is 0 Å². The summed E-state index contributed by atoms with van der Waals surface area (Å²) in [7, 11) is 0. The Morgan fingerprint density at radius 2 is 1.71 bits per heavy atom. The standard InChI is InChI=1S/C8H11F6NO2/c1-2-15(4-7(9,10)11)3-5(6(16)17)8(12,13)14/h5H,2-4H2,1H3,(H,16,17). The van der Waals surface area contributed by atoms with E-state index >= 15 is 0 Å². The Balaban J connectivity index is 4.68. The summed E-state index contributed by atoms with van der Waals surface area (Å²) in [6.07, 6.45) is -9.73. The maximum Gasteiger partial charge on any atom is 0.403 e. The minimum absolute atomic E-state index is 0.320. The maximum atomic E-state index is 12.2. The monoisotopic (exact) mass is 267 g/mol. The van der Waals surface area contributed by atoms with Crippen LogP contribution >= 0.6 is 0 Å². The molecule has 102 valence electrons. The van der Waals surface area contributed by atoms with Gasteiger partial charge in [0, 0.05) is 6.54 Å². The molecule has 0 aromatic heterocycles. The van der Waals surface area contributed by atoms with Crippen LogP contribution in [0.15, 0.2) is 0 Å². The van der Waals surface area contributed by atoms with Crippen molar-refractivity contribution in [1.29, 1.82) is 0 Å². The molecule has 0 heterocycles. The average molecular weight is 267 g/mol. The second kappa shape index (κ2) is 5.56. The predicted octanol–water partition coefficient (Wildman–Crippen LogP) is 2.13. The zero-order valence-corrected chi connectivity index (χ0v) is 8.77. The Bertz CT molecular complexity index is 262. The largest absolute Gasteiger partial charge is 0.481 e. The van der Waals surface area contributed by atoms with Crippen LogP contribution in [0.25, 0.3) is 0 Å². The molecule has 0 aliphatic heterocycles. The number of carboxylic acid groups (broad SMARTS) is 1. The van der Waals surface area contributed by atoms with Crippen molar-refractivity contribution in [2.45, 2.75) is 19.3 Å². The molecule has 0 aliphatic rings. The fourth-order valence-corrected chi connectivity index (χ4v) is 1.14. The highest BCUT2D eigenvalue weighted by Gasteiger charge is 2.46. The Morgan fingerprint density at radius 3 is 1.94 bits per heavy atom. The van der Waals surface area contributed by atoms with Gasteiger partial charge in [-0.3, -0.25) is 9.69 Å². The molecular weight excluding hydrogens is 256 g/mol. The normalized spacial score (nSPS) is 15.1. The van der Waals surface area contributed by atoms with Gasteiger partial charge in [-0.15, -0.1) is 0 Å². The van der Waals surface area contributed by atoms with Crippen molar-refractivity contribution in [3.05, 3.63) is 0 Å². The van der Waals surface area contributed by atoms with Crippen LogP contribution in [0.4, 0.5) is 26.3 Å². The van der Waals surface area contributed by atoms with Crippen LogP contribution in [0.3, 0.4) is 0 Å². The lowest BCUT2D eigenvalue weighted by Crippen LogP contribution is -2.44. The summed E-state index contributed by atoms with van der Waals surface area (Å²) >= 11 is 0. The number of halogens is 6. The van der Waals surface area contributed by atoms with E-state index in [9.17, 15) is 31.1 Å². The molecule has 1 N–H and O–H groups in total. The van der Waals surface area contributed by atoms with E-state index < -0.39 is 37.3 Å². The lowest BCUT2D eigenvalue weighted by Gasteiger charge is -2.26. The molecule has 0 aromatic rings. The number of alkyl halides is 6. The molecular formula is C8H11F6NO2. The summed E-state index contributed by atoms with van der Waals surface area (Å²) in [5.74, 6) is -5.00. The molecule has 0 bridgehead atoms. The van der Waals surface area contributed by atoms with Crippen molar-refractivity contribution in [2.24, 2.45) is 5.92 Å². The number of carbonyl (C=O) groups is 1. The van der Waals surface area contributed by atoms with Gasteiger partial charge in [0.25, 0.3) is 0 Å². The Kier molecular flexibility index (Phi) is 5.24. The average Bonchev–Trinajstić information content (AvgIpc) is 2.07. The van der Waals surface area contributed by atoms with Gasteiger partial charge in [-0.1, -0.05) is 6.92 Å². The maximum absolute atomic E-state index is 12.2. The van der Waals surface area contributed by atoms with Crippen molar-refractivity contribution < 1.29 is 36.2 Å². The fourth-order valence-electron chi connectivity index (χ4n) is 1.14. The van der Waals surface area contributed by atoms with Crippen LogP contribution in [-0.4, -0.2) is 48.0 Å². The minimum atomic E-state index is -5.06. The molecule has 0 radical (unpaired) electrons. The van der Waals surface area contributed by atoms with Gasteiger partial charge >= 0.3 is 18.3 Å². The zero-order valence-electron chi connectivity index (χ0n) is 8.77. The minimum Gasteiger partial charge on any atom is -0.481 e. The van der Waals surface area contributed by atoms with Gasteiger partial charge in [-0.25, -0.2) is 0 Å². The third-order valence-electron chi connectivity index (χ3n) is 1.98. The predicted molar refractivity (Wildman–Crippen MR) is 45.3 cm³/mol. The molecule has 0 aliphatic carbocycles. The smallest absolute Gasteiger partial charge is 0.403 e. The van der Waals surface area contributed by atoms with Crippen molar-refractivity contribution in [3.63, 3.8) is 0 Å². The summed E-state index contributed by atoms with van der Waals surface area (Å²) < 4.78 is 72.5. The van der Waals surface area contributed by atoms with Gasteiger partial charge in [0.1, 0.15) is 0 Å². The molecule has 0 saturated carbocycles. The first-order valence-electron chi connectivity index (χ1n) is 4.56. The van der Waals surface area contributed by atoms with E-state index in [-0.39, 0.29) is 6.54 Å². The second-order valence-corrected chi connectivity index (χ2v) is 3.38. The fraction of sp³-hybridized carbons (Fsp3) is 0.875. The van der Waals surface area contributed by atoms with E-state index in [1.165, 1.54) is 6.92 Å². The third kappa shape index (κ3) is 6.35. The molecule has 0 aromatic carbocycles. The van der Waals surface area contributed by atoms with Crippen LogP contribution < -0.4 is 0 Å². The van der Waals surface area contributed by atoms with E-state index in [1.807, 2.05) is 0 Å². The first-order valence-corrected chi connectivity index (χ1v) is 4.56. The van der Waals surface area contributed by atoms with Crippen LogP contribution in [0.5, 0.6) is 0 Å². The highest BCUT2D eigenvalue weighted by atomic mass is 19.4.